The standard InChI is InChI=1S/C14H21NOS2/c1-11(16)15(5)10-12-8-6-7-9-13(12)17-18-14(2,3)4/h6-9H,10H2,1-5H3. The molecule has 0 bridgehead atoms. The third-order valence-electron chi connectivity index (χ3n) is 2.30. The van der Waals surface area contributed by atoms with Crippen molar-refractivity contribution in [3.63, 3.8) is 0 Å². The summed E-state index contributed by atoms with van der Waals surface area (Å²) in [5.74, 6) is 0.0956. The van der Waals surface area contributed by atoms with Crippen molar-refractivity contribution in [3.8, 4) is 0 Å². The van der Waals surface area contributed by atoms with Gasteiger partial charge in [0.15, 0.2) is 0 Å². The smallest absolute Gasteiger partial charge is 0.219 e. The highest BCUT2D eigenvalue weighted by molar-refractivity contribution is 8.77. The minimum Gasteiger partial charge on any atom is -0.342 e. The molecule has 0 aliphatic rings. The summed E-state index contributed by atoms with van der Waals surface area (Å²) >= 11 is 0. The molecule has 1 aromatic rings. The molecule has 0 aliphatic heterocycles. The second-order valence-electron chi connectivity index (χ2n) is 5.26. The highest BCUT2D eigenvalue weighted by Gasteiger charge is 2.14. The van der Waals surface area contributed by atoms with Crippen LogP contribution in [0.25, 0.3) is 0 Å². The van der Waals surface area contributed by atoms with Gasteiger partial charge in [-0.15, -0.1) is 0 Å². The maximum Gasteiger partial charge on any atom is 0.219 e. The molecule has 1 aromatic carbocycles. The van der Waals surface area contributed by atoms with Gasteiger partial charge in [-0.25, -0.2) is 0 Å². The lowest BCUT2D eigenvalue weighted by Crippen LogP contribution is -2.23. The van der Waals surface area contributed by atoms with Gasteiger partial charge in [-0.1, -0.05) is 60.6 Å². The minimum absolute atomic E-state index is 0.0956. The Morgan fingerprint density at radius 1 is 1.28 bits per heavy atom. The van der Waals surface area contributed by atoms with Crippen molar-refractivity contribution in [2.75, 3.05) is 7.05 Å². The number of carbonyl (C=O) groups is 1. The van der Waals surface area contributed by atoms with Crippen LogP contribution in [0.15, 0.2) is 29.2 Å². The topological polar surface area (TPSA) is 20.3 Å². The predicted molar refractivity (Wildman–Crippen MR) is 81.8 cm³/mol. The van der Waals surface area contributed by atoms with Gasteiger partial charge in [0.25, 0.3) is 0 Å². The average Bonchev–Trinajstić information content (AvgIpc) is 2.26. The van der Waals surface area contributed by atoms with Gasteiger partial charge < -0.3 is 4.90 Å². The van der Waals surface area contributed by atoms with Gasteiger partial charge >= 0.3 is 0 Å². The molecule has 1 amide bonds. The molecule has 18 heavy (non-hydrogen) atoms. The predicted octanol–water partition coefficient (Wildman–Crippen LogP) is 4.20. The van der Waals surface area contributed by atoms with Crippen molar-refractivity contribution < 1.29 is 4.79 Å². The second-order valence-corrected chi connectivity index (χ2v) is 8.26. The second kappa shape index (κ2) is 6.53. The number of hydrogen-bond donors (Lipinski definition) is 0. The van der Waals surface area contributed by atoms with Gasteiger partial charge in [-0.2, -0.15) is 0 Å². The van der Waals surface area contributed by atoms with E-state index in [1.54, 1.807) is 22.6 Å². The number of benzene rings is 1. The van der Waals surface area contributed by atoms with Crippen LogP contribution < -0.4 is 0 Å². The number of hydrogen-bond acceptors (Lipinski definition) is 3. The zero-order valence-electron chi connectivity index (χ0n) is 11.7. The fourth-order valence-corrected chi connectivity index (χ4v) is 3.47. The molecule has 0 spiro atoms. The van der Waals surface area contributed by atoms with Gasteiger partial charge in [0.1, 0.15) is 0 Å². The summed E-state index contributed by atoms with van der Waals surface area (Å²) in [5, 5.41) is 0. The van der Waals surface area contributed by atoms with E-state index in [0.717, 1.165) is 0 Å². The first-order chi connectivity index (χ1) is 8.29. The van der Waals surface area contributed by atoms with Gasteiger partial charge in [0, 0.05) is 30.2 Å². The molecular formula is C14H21NOS2. The van der Waals surface area contributed by atoms with E-state index >= 15 is 0 Å². The first kappa shape index (κ1) is 15.4. The Bertz CT molecular complexity index is 413. The van der Waals surface area contributed by atoms with E-state index in [9.17, 15) is 4.79 Å². The van der Waals surface area contributed by atoms with Crippen LogP contribution in [0.1, 0.15) is 33.3 Å². The molecule has 1 rings (SSSR count). The van der Waals surface area contributed by atoms with Crippen LogP contribution in [0.4, 0.5) is 0 Å². The van der Waals surface area contributed by atoms with Crippen LogP contribution in [0, 0.1) is 0 Å². The lowest BCUT2D eigenvalue weighted by atomic mass is 10.2. The fraction of sp³-hybridized carbons (Fsp3) is 0.500. The summed E-state index contributed by atoms with van der Waals surface area (Å²) in [5.41, 5.74) is 1.21. The molecule has 0 aromatic heterocycles. The zero-order valence-corrected chi connectivity index (χ0v) is 13.3. The summed E-state index contributed by atoms with van der Waals surface area (Å²) in [4.78, 5) is 14.3. The lowest BCUT2D eigenvalue weighted by Gasteiger charge is -2.20. The Morgan fingerprint density at radius 3 is 2.44 bits per heavy atom. The van der Waals surface area contributed by atoms with E-state index in [1.165, 1.54) is 10.5 Å². The maximum atomic E-state index is 11.3. The van der Waals surface area contributed by atoms with Gasteiger partial charge in [-0.05, 0) is 11.6 Å². The van der Waals surface area contributed by atoms with Crippen molar-refractivity contribution >= 4 is 27.5 Å². The van der Waals surface area contributed by atoms with Gasteiger partial charge in [-0.3, -0.25) is 4.79 Å². The van der Waals surface area contributed by atoms with Crippen molar-refractivity contribution in [2.45, 2.75) is 43.9 Å². The number of amides is 1. The molecule has 0 fully saturated rings. The largest absolute Gasteiger partial charge is 0.342 e. The molecule has 100 valence electrons. The molecule has 0 unspecified atom stereocenters. The summed E-state index contributed by atoms with van der Waals surface area (Å²) in [6.45, 7) is 8.88. The molecule has 0 aliphatic carbocycles. The number of carbonyl (C=O) groups excluding carboxylic acids is 1. The monoisotopic (exact) mass is 283 g/mol. The molecule has 0 heterocycles. The van der Waals surface area contributed by atoms with E-state index in [4.69, 9.17) is 0 Å². The molecule has 2 nitrogen and oxygen atoms in total. The Balaban J connectivity index is 2.76. The molecule has 0 N–H and O–H groups in total. The quantitative estimate of drug-likeness (QED) is 0.772. The molecule has 4 heteroatoms. The summed E-state index contributed by atoms with van der Waals surface area (Å²) in [6.07, 6.45) is 0. The summed E-state index contributed by atoms with van der Waals surface area (Å²) in [6, 6.07) is 8.27. The van der Waals surface area contributed by atoms with E-state index in [2.05, 4.69) is 32.9 Å². The minimum atomic E-state index is 0.0956. The summed E-state index contributed by atoms with van der Waals surface area (Å²) in [7, 11) is 5.47. The molecule has 0 saturated heterocycles. The normalized spacial score (nSPS) is 11.4. The van der Waals surface area contributed by atoms with Crippen molar-refractivity contribution in [1.82, 2.24) is 4.90 Å². The van der Waals surface area contributed by atoms with E-state index in [1.807, 2.05) is 30.0 Å². The molecular weight excluding hydrogens is 262 g/mol. The van der Waals surface area contributed by atoms with E-state index < -0.39 is 0 Å². The Kier molecular flexibility index (Phi) is 5.60. The van der Waals surface area contributed by atoms with Crippen LogP contribution in [0.2, 0.25) is 0 Å². The van der Waals surface area contributed by atoms with Gasteiger partial charge in [0.05, 0.1) is 0 Å². The average molecular weight is 283 g/mol. The van der Waals surface area contributed by atoms with Crippen LogP contribution >= 0.6 is 21.6 Å². The molecule has 0 saturated carbocycles. The highest BCUT2D eigenvalue weighted by Crippen LogP contribution is 2.41. The van der Waals surface area contributed by atoms with Crippen molar-refractivity contribution in [1.29, 1.82) is 0 Å². The van der Waals surface area contributed by atoms with E-state index in [-0.39, 0.29) is 10.7 Å². The van der Waals surface area contributed by atoms with Crippen LogP contribution in [0.3, 0.4) is 0 Å². The Morgan fingerprint density at radius 2 is 1.89 bits per heavy atom. The maximum absolute atomic E-state index is 11.3. The SMILES string of the molecule is CC(=O)N(C)Cc1ccccc1SSC(C)(C)C. The zero-order chi connectivity index (χ0) is 13.8. The number of rotatable bonds is 4. The van der Waals surface area contributed by atoms with Crippen LogP contribution in [0.5, 0.6) is 0 Å². The molecule has 0 radical (unpaired) electrons. The number of nitrogens with zero attached hydrogens (tertiary/aromatic N) is 1. The third-order valence-corrected chi connectivity index (χ3v) is 5.75. The Labute approximate surface area is 118 Å². The summed E-state index contributed by atoms with van der Waals surface area (Å²) < 4.78 is 0.226. The first-order valence-corrected chi connectivity index (χ1v) is 8.10. The van der Waals surface area contributed by atoms with E-state index in [0.29, 0.717) is 6.54 Å². The molecule has 0 atom stereocenters. The van der Waals surface area contributed by atoms with Crippen LogP contribution in [-0.2, 0) is 11.3 Å². The lowest BCUT2D eigenvalue weighted by molar-refractivity contribution is -0.128. The van der Waals surface area contributed by atoms with Gasteiger partial charge in [0.2, 0.25) is 5.91 Å². The first-order valence-electron chi connectivity index (χ1n) is 5.95. The van der Waals surface area contributed by atoms with Crippen molar-refractivity contribution in [3.05, 3.63) is 29.8 Å². The van der Waals surface area contributed by atoms with Crippen molar-refractivity contribution in [2.24, 2.45) is 0 Å². The highest BCUT2D eigenvalue weighted by atomic mass is 33.1. The fourth-order valence-electron chi connectivity index (χ4n) is 1.25. The Hall–Kier alpha value is -0.610. The van der Waals surface area contributed by atoms with Crippen LogP contribution in [-0.4, -0.2) is 22.6 Å². The third kappa shape index (κ3) is 5.36.